The summed E-state index contributed by atoms with van der Waals surface area (Å²) in [5.74, 6) is 0.963. The summed E-state index contributed by atoms with van der Waals surface area (Å²) in [5.41, 5.74) is 0.500. The Kier molecular flexibility index (Phi) is 10.3. The molecule has 1 aromatic carbocycles. The van der Waals surface area contributed by atoms with E-state index in [4.69, 9.17) is 4.74 Å². The third kappa shape index (κ3) is 7.74. The van der Waals surface area contributed by atoms with Gasteiger partial charge in [0.1, 0.15) is 11.5 Å². The molecule has 0 aliphatic carbocycles. The molecule has 2 N–H and O–H groups in total. The number of carbonyl (C=O) groups is 1. The van der Waals surface area contributed by atoms with Gasteiger partial charge >= 0.3 is 6.61 Å². The molecule has 0 bridgehead atoms. The van der Waals surface area contributed by atoms with Gasteiger partial charge in [0.2, 0.25) is 5.91 Å². The van der Waals surface area contributed by atoms with E-state index in [2.05, 4.69) is 15.4 Å². The fraction of sp³-hybridized carbons (Fsp3) is 0.611. The first kappa shape index (κ1) is 22.4. The molecule has 1 atom stereocenters. The summed E-state index contributed by atoms with van der Waals surface area (Å²) in [5, 5.41) is 6.04. The normalized spacial score (nSPS) is 16.2. The first-order valence-corrected chi connectivity index (χ1v) is 8.76. The summed E-state index contributed by atoms with van der Waals surface area (Å²) < 4.78 is 35.2. The number of hydrogen-bond acceptors (Lipinski definition) is 4. The zero-order valence-electron chi connectivity index (χ0n) is 14.9. The van der Waals surface area contributed by atoms with E-state index in [0.29, 0.717) is 30.3 Å². The van der Waals surface area contributed by atoms with Gasteiger partial charge in [-0.2, -0.15) is 8.78 Å². The van der Waals surface area contributed by atoms with Gasteiger partial charge in [-0.05, 0) is 50.4 Å². The predicted octanol–water partition coefficient (Wildman–Crippen LogP) is 3.50. The van der Waals surface area contributed by atoms with Crippen molar-refractivity contribution in [3.8, 4) is 11.5 Å². The van der Waals surface area contributed by atoms with E-state index < -0.39 is 6.61 Å². The Bertz CT molecular complexity index is 555. The van der Waals surface area contributed by atoms with Crippen molar-refractivity contribution >= 4 is 18.3 Å². The maximum Gasteiger partial charge on any atom is 0.387 e. The fourth-order valence-corrected chi connectivity index (χ4v) is 2.77. The average Bonchev–Trinajstić information content (AvgIpc) is 3.10. The molecule has 1 saturated heterocycles. The van der Waals surface area contributed by atoms with E-state index in [1.165, 1.54) is 6.07 Å². The fourth-order valence-electron chi connectivity index (χ4n) is 2.77. The highest BCUT2D eigenvalue weighted by Crippen LogP contribution is 2.27. The van der Waals surface area contributed by atoms with Crippen LogP contribution in [-0.4, -0.2) is 32.2 Å². The molecule has 2 rings (SSSR count). The van der Waals surface area contributed by atoms with Crippen LogP contribution in [0.2, 0.25) is 0 Å². The molecule has 5 nitrogen and oxygen atoms in total. The highest BCUT2D eigenvalue weighted by molar-refractivity contribution is 5.85. The monoisotopic (exact) mass is 392 g/mol. The summed E-state index contributed by atoms with van der Waals surface area (Å²) in [6.45, 7) is 1.65. The molecule has 1 unspecified atom stereocenters. The van der Waals surface area contributed by atoms with Gasteiger partial charge < -0.3 is 20.1 Å². The van der Waals surface area contributed by atoms with E-state index in [0.717, 1.165) is 32.4 Å². The lowest BCUT2D eigenvalue weighted by Crippen LogP contribution is -2.24. The minimum atomic E-state index is -2.93. The molecule has 1 aliphatic rings. The van der Waals surface area contributed by atoms with Crippen molar-refractivity contribution in [2.45, 2.75) is 45.8 Å². The number of alkyl halides is 2. The van der Waals surface area contributed by atoms with Crippen LogP contribution in [0.15, 0.2) is 18.2 Å². The number of benzene rings is 1. The van der Waals surface area contributed by atoms with Crippen LogP contribution >= 0.6 is 12.4 Å². The smallest absolute Gasteiger partial charge is 0.387 e. The van der Waals surface area contributed by atoms with Crippen LogP contribution < -0.4 is 20.1 Å². The Balaban J connectivity index is 0.00000338. The van der Waals surface area contributed by atoms with Crippen molar-refractivity contribution in [2.75, 3.05) is 19.7 Å². The molecule has 0 radical (unpaired) electrons. The molecule has 148 valence electrons. The standard InChI is InChI=1S/C18H26F2N2O3.ClH/c1-2-9-24-15-5-4-14(16(10-15)25-18(19)20)12-22-17(23)6-3-13-7-8-21-11-13;/h4-5,10,13,18,21H,2-3,6-9,11-12H2,1H3,(H,22,23);1H. The van der Waals surface area contributed by atoms with Gasteiger partial charge in [-0.25, -0.2) is 0 Å². The first-order valence-electron chi connectivity index (χ1n) is 8.76. The van der Waals surface area contributed by atoms with Gasteiger partial charge in [0.25, 0.3) is 0 Å². The lowest BCUT2D eigenvalue weighted by Gasteiger charge is -2.14. The third-order valence-electron chi connectivity index (χ3n) is 4.15. The van der Waals surface area contributed by atoms with E-state index in [-0.39, 0.29) is 30.6 Å². The van der Waals surface area contributed by atoms with Crippen LogP contribution in [0.1, 0.15) is 38.2 Å². The molecular formula is C18H27ClF2N2O3. The van der Waals surface area contributed by atoms with Crippen LogP contribution in [0.5, 0.6) is 11.5 Å². The number of nitrogens with one attached hydrogen (secondary N) is 2. The quantitative estimate of drug-likeness (QED) is 0.639. The minimum absolute atomic E-state index is 0. The SMILES string of the molecule is CCCOc1ccc(CNC(=O)CCC2CCNC2)c(OC(F)F)c1.Cl. The molecule has 1 aromatic rings. The van der Waals surface area contributed by atoms with Crippen LogP contribution in [0.25, 0.3) is 0 Å². The van der Waals surface area contributed by atoms with E-state index in [1.54, 1.807) is 12.1 Å². The van der Waals surface area contributed by atoms with Gasteiger partial charge in [-0.3, -0.25) is 4.79 Å². The summed E-state index contributed by atoms with van der Waals surface area (Å²) in [7, 11) is 0. The highest BCUT2D eigenvalue weighted by Gasteiger charge is 2.16. The van der Waals surface area contributed by atoms with Gasteiger partial charge in [0.05, 0.1) is 6.61 Å². The number of carbonyl (C=O) groups excluding carboxylic acids is 1. The Morgan fingerprint density at radius 2 is 2.23 bits per heavy atom. The van der Waals surface area contributed by atoms with Gasteiger partial charge in [0.15, 0.2) is 0 Å². The van der Waals surface area contributed by atoms with Gasteiger partial charge in [0, 0.05) is 24.6 Å². The molecule has 1 heterocycles. The van der Waals surface area contributed by atoms with Crippen molar-refractivity contribution in [2.24, 2.45) is 5.92 Å². The molecule has 8 heteroatoms. The molecule has 1 fully saturated rings. The third-order valence-corrected chi connectivity index (χ3v) is 4.15. The minimum Gasteiger partial charge on any atom is -0.493 e. The average molecular weight is 393 g/mol. The van der Waals surface area contributed by atoms with Crippen LogP contribution in [-0.2, 0) is 11.3 Å². The Morgan fingerprint density at radius 1 is 1.42 bits per heavy atom. The highest BCUT2D eigenvalue weighted by atomic mass is 35.5. The maximum absolute atomic E-state index is 12.6. The van der Waals surface area contributed by atoms with E-state index in [9.17, 15) is 13.6 Å². The lowest BCUT2D eigenvalue weighted by atomic mass is 10.0. The second-order valence-corrected chi connectivity index (χ2v) is 6.17. The molecule has 0 spiro atoms. The molecule has 0 saturated carbocycles. The largest absolute Gasteiger partial charge is 0.493 e. The summed E-state index contributed by atoms with van der Waals surface area (Å²) in [4.78, 5) is 12.0. The number of ether oxygens (including phenoxy) is 2. The van der Waals surface area contributed by atoms with Gasteiger partial charge in [-0.1, -0.05) is 6.92 Å². The zero-order valence-corrected chi connectivity index (χ0v) is 15.7. The molecular weight excluding hydrogens is 366 g/mol. The second kappa shape index (κ2) is 11.9. The van der Waals surface area contributed by atoms with Crippen molar-refractivity contribution in [1.29, 1.82) is 0 Å². The van der Waals surface area contributed by atoms with Crippen LogP contribution in [0.3, 0.4) is 0 Å². The Labute approximate surface area is 159 Å². The number of halogens is 3. The second-order valence-electron chi connectivity index (χ2n) is 6.17. The molecule has 1 aliphatic heterocycles. The molecule has 0 aromatic heterocycles. The topological polar surface area (TPSA) is 59.6 Å². The predicted molar refractivity (Wildman–Crippen MR) is 98.2 cm³/mol. The van der Waals surface area contributed by atoms with Crippen molar-refractivity contribution < 1.29 is 23.0 Å². The zero-order chi connectivity index (χ0) is 18.1. The summed E-state index contributed by atoms with van der Waals surface area (Å²) >= 11 is 0. The summed E-state index contributed by atoms with van der Waals surface area (Å²) in [6, 6.07) is 4.77. The Hall–Kier alpha value is -1.60. The van der Waals surface area contributed by atoms with Gasteiger partial charge in [-0.15, -0.1) is 12.4 Å². The first-order chi connectivity index (χ1) is 12.1. The lowest BCUT2D eigenvalue weighted by molar-refractivity contribution is -0.121. The Morgan fingerprint density at radius 3 is 2.88 bits per heavy atom. The van der Waals surface area contributed by atoms with Crippen molar-refractivity contribution in [3.05, 3.63) is 23.8 Å². The van der Waals surface area contributed by atoms with Crippen molar-refractivity contribution in [1.82, 2.24) is 10.6 Å². The van der Waals surface area contributed by atoms with Crippen LogP contribution in [0, 0.1) is 5.92 Å². The van der Waals surface area contributed by atoms with E-state index in [1.807, 2.05) is 6.92 Å². The number of hydrogen-bond donors (Lipinski definition) is 2. The van der Waals surface area contributed by atoms with Crippen molar-refractivity contribution in [3.63, 3.8) is 0 Å². The maximum atomic E-state index is 12.6. The van der Waals surface area contributed by atoms with E-state index >= 15 is 0 Å². The number of rotatable bonds is 10. The summed E-state index contributed by atoms with van der Waals surface area (Å²) in [6.07, 6.45) is 3.19. The number of amides is 1. The molecule has 1 amide bonds. The molecule has 26 heavy (non-hydrogen) atoms. The van der Waals surface area contributed by atoms with Crippen LogP contribution in [0.4, 0.5) is 8.78 Å².